The van der Waals surface area contributed by atoms with Gasteiger partial charge in [-0.2, -0.15) is 0 Å². The van der Waals surface area contributed by atoms with Gasteiger partial charge in [-0.05, 0) is 71.6 Å². The highest BCUT2D eigenvalue weighted by atomic mass is 15.3. The number of fused-ring (bicyclic) bond motifs is 8. The van der Waals surface area contributed by atoms with E-state index < -0.39 is 0 Å². The molecule has 0 spiro atoms. The lowest BCUT2D eigenvalue weighted by atomic mass is 9.20. The summed E-state index contributed by atoms with van der Waals surface area (Å²) in [5.41, 5.74) is 19.1. The van der Waals surface area contributed by atoms with Gasteiger partial charge in [0.1, 0.15) is 0 Å². The normalized spacial score (nSPS) is 13.4. The first-order chi connectivity index (χ1) is 28.3. The number of para-hydroxylation sites is 6. The second-order valence-corrected chi connectivity index (χ2v) is 15.1. The zero-order valence-corrected chi connectivity index (χ0v) is 31.1. The van der Waals surface area contributed by atoms with Crippen LogP contribution in [0, 0.1) is 0 Å². The van der Waals surface area contributed by atoms with Gasteiger partial charge in [0.25, 0.3) is 0 Å². The lowest BCUT2D eigenvalue weighted by Crippen LogP contribution is -2.76. The van der Waals surface area contributed by atoms with Gasteiger partial charge in [-0.15, -0.1) is 0 Å². The van der Waals surface area contributed by atoms with Crippen LogP contribution >= 0.6 is 0 Å². The van der Waals surface area contributed by atoms with Crippen LogP contribution in [0.1, 0.15) is 0 Å². The van der Waals surface area contributed by atoms with E-state index in [-0.39, 0.29) is 13.4 Å². The highest BCUT2D eigenvalue weighted by Crippen LogP contribution is 2.59. The van der Waals surface area contributed by atoms with Crippen molar-refractivity contribution in [3.63, 3.8) is 0 Å². The molecule has 0 unspecified atom stereocenters. The first-order valence-electron chi connectivity index (χ1n) is 19.7. The largest absolute Gasteiger partial charge is 0.309 e. The van der Waals surface area contributed by atoms with E-state index >= 15 is 0 Å². The summed E-state index contributed by atoms with van der Waals surface area (Å²) in [5.74, 6) is 0. The van der Waals surface area contributed by atoms with Gasteiger partial charge in [-0.25, -0.2) is 0 Å². The summed E-state index contributed by atoms with van der Waals surface area (Å²) in [6.07, 6.45) is 1.91. The van der Waals surface area contributed by atoms with E-state index in [1.54, 1.807) is 0 Å². The van der Waals surface area contributed by atoms with E-state index in [2.05, 4.69) is 209 Å². The third-order valence-corrected chi connectivity index (χ3v) is 12.1. The standard InChI is InChI=1S/C51H34B2N4/c1-4-20-36(21-5-1)52-39-26-10-11-27-40(39)53-41-28-12-13-29-43(41)55(37-22-6-2-7-23-37)51-48(53)42(52)34-47-50(51)56(38-24-8-3-9-25-38)44-30-14-15-31-45(44)57(47)46-32-16-18-35-19-17-33-54-49(35)46/h1-34H. The van der Waals surface area contributed by atoms with Crippen LogP contribution < -0.4 is 47.5 Å². The smallest absolute Gasteiger partial charge is 0.245 e. The Hall–Kier alpha value is -7.30. The third-order valence-electron chi connectivity index (χ3n) is 12.1. The van der Waals surface area contributed by atoms with Crippen molar-refractivity contribution >= 4 is 108 Å². The van der Waals surface area contributed by atoms with Crippen LogP contribution in [-0.2, 0) is 0 Å². The molecule has 3 aliphatic rings. The van der Waals surface area contributed by atoms with E-state index in [0.29, 0.717) is 0 Å². The molecule has 0 bridgehead atoms. The van der Waals surface area contributed by atoms with Gasteiger partial charge in [0.2, 0.25) is 13.4 Å². The predicted octanol–water partition coefficient (Wildman–Crippen LogP) is 8.62. The van der Waals surface area contributed by atoms with Gasteiger partial charge in [-0.1, -0.05) is 161 Å². The molecule has 0 atom stereocenters. The Bertz CT molecular complexity index is 2990. The number of nitrogens with zero attached hydrogens (tertiary/aromatic N) is 4. The van der Waals surface area contributed by atoms with Crippen LogP contribution in [-0.4, -0.2) is 18.4 Å². The summed E-state index contributed by atoms with van der Waals surface area (Å²) in [6.45, 7) is 0.0329. The first-order valence-corrected chi connectivity index (χ1v) is 19.7. The fourth-order valence-corrected chi connectivity index (χ4v) is 9.89. The average Bonchev–Trinajstić information content (AvgIpc) is 3.28. The number of pyridine rings is 1. The fraction of sp³-hybridized carbons (Fsp3) is 0. The molecule has 12 rings (SSSR count). The topological polar surface area (TPSA) is 22.6 Å². The summed E-state index contributed by atoms with van der Waals surface area (Å²) in [6, 6.07) is 73.3. The van der Waals surface area contributed by atoms with E-state index in [0.717, 1.165) is 50.7 Å². The maximum Gasteiger partial charge on any atom is 0.245 e. The fourth-order valence-electron chi connectivity index (χ4n) is 9.89. The van der Waals surface area contributed by atoms with Crippen molar-refractivity contribution in [2.24, 2.45) is 0 Å². The van der Waals surface area contributed by atoms with Crippen LogP contribution in [0.4, 0.5) is 51.2 Å². The molecule has 0 N–H and O–H groups in total. The van der Waals surface area contributed by atoms with E-state index in [9.17, 15) is 0 Å². The highest BCUT2D eigenvalue weighted by Gasteiger charge is 2.48. The SMILES string of the molecule is c1ccc(B2c3ccccc3B3c4ccccc4N(c4ccccc4)c4c3c2cc2c4N(c3ccccc3)c3ccccc3N2c2cccc3cccnc23)cc1. The van der Waals surface area contributed by atoms with Crippen LogP contribution in [0.2, 0.25) is 0 Å². The van der Waals surface area contributed by atoms with Crippen LogP contribution in [0.5, 0.6) is 0 Å². The first kappa shape index (κ1) is 32.0. The number of hydrogen-bond donors (Lipinski definition) is 0. The maximum absolute atomic E-state index is 5.05. The van der Waals surface area contributed by atoms with Crippen LogP contribution in [0.25, 0.3) is 10.9 Å². The average molecular weight is 724 g/mol. The molecule has 57 heavy (non-hydrogen) atoms. The second-order valence-electron chi connectivity index (χ2n) is 15.1. The highest BCUT2D eigenvalue weighted by molar-refractivity contribution is 7.12. The lowest BCUT2D eigenvalue weighted by molar-refractivity contribution is 1.16. The summed E-state index contributed by atoms with van der Waals surface area (Å²) >= 11 is 0. The molecule has 0 fully saturated rings. The molecule has 0 aliphatic carbocycles. The summed E-state index contributed by atoms with van der Waals surface area (Å²) in [5, 5.41) is 1.11. The predicted molar refractivity (Wildman–Crippen MR) is 242 cm³/mol. The van der Waals surface area contributed by atoms with Crippen molar-refractivity contribution in [2.75, 3.05) is 14.7 Å². The molecule has 4 heterocycles. The molecule has 4 nitrogen and oxygen atoms in total. The quantitative estimate of drug-likeness (QED) is 0.170. The molecule has 264 valence electrons. The van der Waals surface area contributed by atoms with Crippen molar-refractivity contribution in [2.45, 2.75) is 0 Å². The van der Waals surface area contributed by atoms with Crippen molar-refractivity contribution in [3.05, 3.63) is 206 Å². The molecule has 3 aliphatic heterocycles. The Morgan fingerprint density at radius 1 is 0.351 bits per heavy atom. The number of hydrogen-bond acceptors (Lipinski definition) is 4. The number of benzene rings is 8. The zero-order valence-electron chi connectivity index (χ0n) is 31.1. The molecule has 6 heteroatoms. The van der Waals surface area contributed by atoms with Crippen LogP contribution in [0.15, 0.2) is 206 Å². The zero-order chi connectivity index (χ0) is 37.5. The molecular weight excluding hydrogens is 690 g/mol. The van der Waals surface area contributed by atoms with Gasteiger partial charge in [0, 0.05) is 28.6 Å². The van der Waals surface area contributed by atoms with Gasteiger partial charge in [0.05, 0.1) is 39.6 Å². The van der Waals surface area contributed by atoms with Gasteiger partial charge in [-0.3, -0.25) is 4.98 Å². The monoisotopic (exact) mass is 724 g/mol. The minimum absolute atomic E-state index is 0.00965. The van der Waals surface area contributed by atoms with Crippen molar-refractivity contribution in [1.82, 2.24) is 4.98 Å². The van der Waals surface area contributed by atoms with E-state index in [1.807, 2.05) is 12.3 Å². The van der Waals surface area contributed by atoms with Crippen molar-refractivity contribution < 1.29 is 0 Å². The Labute approximate surface area is 333 Å². The Balaban J connectivity index is 1.30. The Morgan fingerprint density at radius 3 is 1.58 bits per heavy atom. The summed E-state index contributed by atoms with van der Waals surface area (Å²) in [7, 11) is 0. The molecule has 9 aromatic rings. The number of rotatable bonds is 4. The summed E-state index contributed by atoms with van der Waals surface area (Å²) in [4.78, 5) is 12.6. The van der Waals surface area contributed by atoms with E-state index in [1.165, 1.54) is 44.2 Å². The van der Waals surface area contributed by atoms with Gasteiger partial charge in [0.15, 0.2) is 0 Å². The second kappa shape index (κ2) is 12.6. The van der Waals surface area contributed by atoms with Gasteiger partial charge >= 0.3 is 0 Å². The molecular formula is C51H34B2N4. The van der Waals surface area contributed by atoms with Gasteiger partial charge < -0.3 is 14.7 Å². The van der Waals surface area contributed by atoms with Crippen molar-refractivity contribution in [1.29, 1.82) is 0 Å². The molecule has 0 saturated heterocycles. The van der Waals surface area contributed by atoms with Crippen molar-refractivity contribution in [3.8, 4) is 0 Å². The minimum Gasteiger partial charge on any atom is -0.309 e. The lowest BCUT2D eigenvalue weighted by Gasteiger charge is -2.48. The van der Waals surface area contributed by atoms with E-state index in [4.69, 9.17) is 4.98 Å². The molecule has 8 aromatic carbocycles. The summed E-state index contributed by atoms with van der Waals surface area (Å²) < 4.78 is 0. The molecule has 0 radical (unpaired) electrons. The Kier molecular flexibility index (Phi) is 7.08. The minimum atomic E-state index is 0.00965. The molecule has 0 saturated carbocycles. The third kappa shape index (κ3) is 4.68. The maximum atomic E-state index is 5.05. The number of aromatic nitrogens is 1. The van der Waals surface area contributed by atoms with Crippen LogP contribution in [0.3, 0.4) is 0 Å². The Morgan fingerprint density at radius 2 is 0.877 bits per heavy atom. The number of anilines is 9. The molecule has 0 amide bonds. The molecule has 1 aromatic heterocycles.